The van der Waals surface area contributed by atoms with Gasteiger partial charge in [-0.25, -0.2) is 0 Å². The van der Waals surface area contributed by atoms with E-state index in [1.807, 2.05) is 6.07 Å². The van der Waals surface area contributed by atoms with Gasteiger partial charge in [-0.1, -0.05) is 6.07 Å². The smallest absolute Gasteiger partial charge is 0.0461 e. The molecule has 1 aliphatic rings. The van der Waals surface area contributed by atoms with Crippen molar-refractivity contribution in [1.29, 1.82) is 0 Å². The first-order valence-electron chi connectivity index (χ1n) is 4.52. The quantitative estimate of drug-likeness (QED) is 0.685. The normalized spacial score (nSPS) is 21.2. The molecule has 1 aromatic carbocycles. The van der Waals surface area contributed by atoms with Crippen molar-refractivity contribution >= 4 is 21.6 Å². The molecule has 0 fully saturated rings. The number of rotatable bonds is 0. The summed E-state index contributed by atoms with van der Waals surface area (Å²) in [5.41, 5.74) is 15.2. The van der Waals surface area contributed by atoms with Crippen molar-refractivity contribution in [2.45, 2.75) is 25.3 Å². The van der Waals surface area contributed by atoms with E-state index in [-0.39, 0.29) is 6.04 Å². The van der Waals surface area contributed by atoms with Crippen LogP contribution in [-0.2, 0) is 6.42 Å². The lowest BCUT2D eigenvalue weighted by atomic mass is 9.88. The van der Waals surface area contributed by atoms with Crippen LogP contribution in [0, 0.1) is 0 Å². The Labute approximate surface area is 86.4 Å². The highest BCUT2D eigenvalue weighted by Gasteiger charge is 2.19. The van der Waals surface area contributed by atoms with E-state index >= 15 is 0 Å². The highest BCUT2D eigenvalue weighted by Crippen LogP contribution is 2.35. The summed E-state index contributed by atoms with van der Waals surface area (Å²) in [7, 11) is 0. The molecule has 0 heterocycles. The molecule has 1 aliphatic carbocycles. The van der Waals surface area contributed by atoms with Gasteiger partial charge in [0, 0.05) is 16.2 Å². The Bertz CT molecular complexity index is 336. The highest BCUT2D eigenvalue weighted by molar-refractivity contribution is 9.10. The van der Waals surface area contributed by atoms with E-state index in [2.05, 4.69) is 22.0 Å². The summed E-state index contributed by atoms with van der Waals surface area (Å²) in [5, 5.41) is 0. The lowest BCUT2D eigenvalue weighted by Gasteiger charge is -2.23. The van der Waals surface area contributed by atoms with Gasteiger partial charge in [0.15, 0.2) is 0 Å². The molecular weight excluding hydrogens is 228 g/mol. The molecule has 4 N–H and O–H groups in total. The van der Waals surface area contributed by atoms with Crippen LogP contribution >= 0.6 is 15.9 Å². The van der Waals surface area contributed by atoms with Crippen LogP contribution in [0.2, 0.25) is 0 Å². The number of hydrogen-bond acceptors (Lipinski definition) is 2. The molecule has 0 amide bonds. The van der Waals surface area contributed by atoms with Gasteiger partial charge in [0.1, 0.15) is 0 Å². The summed E-state index contributed by atoms with van der Waals surface area (Å²) in [4.78, 5) is 0. The average molecular weight is 241 g/mol. The predicted octanol–water partition coefficient (Wildman–Crippen LogP) is 2.37. The Morgan fingerprint density at radius 2 is 2.15 bits per heavy atom. The minimum absolute atomic E-state index is 0.195. The van der Waals surface area contributed by atoms with E-state index in [0.29, 0.717) is 0 Å². The summed E-state index contributed by atoms with van der Waals surface area (Å²) in [6, 6.07) is 4.17. The summed E-state index contributed by atoms with van der Waals surface area (Å²) in [5.74, 6) is 0. The van der Waals surface area contributed by atoms with Gasteiger partial charge >= 0.3 is 0 Å². The maximum absolute atomic E-state index is 6.00. The third kappa shape index (κ3) is 1.46. The fourth-order valence-electron chi connectivity index (χ4n) is 1.91. The molecule has 0 radical (unpaired) electrons. The van der Waals surface area contributed by atoms with Crippen molar-refractivity contribution in [2.75, 3.05) is 5.73 Å². The van der Waals surface area contributed by atoms with Gasteiger partial charge in [-0.2, -0.15) is 0 Å². The topological polar surface area (TPSA) is 52.0 Å². The van der Waals surface area contributed by atoms with Crippen molar-refractivity contribution < 1.29 is 0 Å². The number of nitrogen functional groups attached to an aromatic ring is 1. The predicted molar refractivity (Wildman–Crippen MR) is 58.4 cm³/mol. The van der Waals surface area contributed by atoms with Crippen LogP contribution in [0.4, 0.5) is 5.69 Å². The van der Waals surface area contributed by atoms with Gasteiger partial charge in [-0.05, 0) is 52.4 Å². The summed E-state index contributed by atoms with van der Waals surface area (Å²) >= 11 is 3.51. The van der Waals surface area contributed by atoms with E-state index in [0.717, 1.165) is 29.4 Å². The first kappa shape index (κ1) is 9.03. The van der Waals surface area contributed by atoms with Crippen LogP contribution in [0.3, 0.4) is 0 Å². The van der Waals surface area contributed by atoms with Gasteiger partial charge in [-0.15, -0.1) is 0 Å². The van der Waals surface area contributed by atoms with Crippen molar-refractivity contribution in [3.8, 4) is 0 Å². The molecule has 2 rings (SSSR count). The first-order valence-corrected chi connectivity index (χ1v) is 5.32. The van der Waals surface area contributed by atoms with Crippen molar-refractivity contribution in [1.82, 2.24) is 0 Å². The number of anilines is 1. The number of benzene rings is 1. The van der Waals surface area contributed by atoms with E-state index in [4.69, 9.17) is 11.5 Å². The zero-order chi connectivity index (χ0) is 9.42. The van der Waals surface area contributed by atoms with Gasteiger partial charge in [0.25, 0.3) is 0 Å². The molecule has 1 atom stereocenters. The number of fused-ring (bicyclic) bond motifs is 1. The Hall–Kier alpha value is -0.540. The molecule has 2 nitrogen and oxygen atoms in total. The van der Waals surface area contributed by atoms with Crippen LogP contribution in [0.5, 0.6) is 0 Å². The standard InChI is InChI=1S/C10H13BrN2/c11-10-7-2-1-3-8(12)6(7)4-5-9(10)13/h4-5,8H,1-3,12-13H2/t8-/m1/s1. The van der Waals surface area contributed by atoms with Crippen LogP contribution < -0.4 is 11.5 Å². The molecule has 1 aromatic rings. The fraction of sp³-hybridized carbons (Fsp3) is 0.400. The number of halogens is 1. The van der Waals surface area contributed by atoms with Gasteiger partial charge in [0.2, 0.25) is 0 Å². The SMILES string of the molecule is Nc1ccc2c(c1Br)CCC[C@H]2N. The van der Waals surface area contributed by atoms with Crippen LogP contribution in [0.25, 0.3) is 0 Å². The maximum Gasteiger partial charge on any atom is 0.0461 e. The van der Waals surface area contributed by atoms with E-state index in [1.54, 1.807) is 0 Å². The molecule has 0 aromatic heterocycles. The molecule has 0 bridgehead atoms. The Balaban J connectivity index is 2.56. The minimum atomic E-state index is 0.195. The van der Waals surface area contributed by atoms with E-state index < -0.39 is 0 Å². The Kier molecular flexibility index (Phi) is 2.30. The lowest BCUT2D eigenvalue weighted by Crippen LogP contribution is -2.18. The fourth-order valence-corrected chi connectivity index (χ4v) is 2.47. The first-order chi connectivity index (χ1) is 6.20. The van der Waals surface area contributed by atoms with Gasteiger partial charge < -0.3 is 11.5 Å². The van der Waals surface area contributed by atoms with Gasteiger partial charge in [0.05, 0.1) is 0 Å². The highest BCUT2D eigenvalue weighted by atomic mass is 79.9. The number of nitrogens with two attached hydrogens (primary N) is 2. The second kappa shape index (κ2) is 3.31. The molecule has 0 saturated heterocycles. The Morgan fingerprint density at radius 1 is 1.38 bits per heavy atom. The van der Waals surface area contributed by atoms with E-state index in [1.165, 1.54) is 11.1 Å². The average Bonchev–Trinajstić information content (AvgIpc) is 2.12. The largest absolute Gasteiger partial charge is 0.398 e. The van der Waals surface area contributed by atoms with Gasteiger partial charge in [-0.3, -0.25) is 0 Å². The molecule has 13 heavy (non-hydrogen) atoms. The van der Waals surface area contributed by atoms with Crippen molar-refractivity contribution in [2.24, 2.45) is 5.73 Å². The second-order valence-electron chi connectivity index (χ2n) is 3.54. The van der Waals surface area contributed by atoms with E-state index in [9.17, 15) is 0 Å². The summed E-state index contributed by atoms with van der Waals surface area (Å²) in [6.45, 7) is 0. The summed E-state index contributed by atoms with van der Waals surface area (Å²) < 4.78 is 1.04. The third-order valence-corrected chi connectivity index (χ3v) is 3.59. The molecule has 0 saturated carbocycles. The van der Waals surface area contributed by atoms with Crippen LogP contribution in [0.1, 0.15) is 30.0 Å². The molecule has 70 valence electrons. The lowest BCUT2D eigenvalue weighted by molar-refractivity contribution is 0.569. The van der Waals surface area contributed by atoms with Crippen LogP contribution in [-0.4, -0.2) is 0 Å². The third-order valence-electron chi connectivity index (χ3n) is 2.65. The molecule has 0 spiro atoms. The monoisotopic (exact) mass is 240 g/mol. The van der Waals surface area contributed by atoms with Crippen molar-refractivity contribution in [3.05, 3.63) is 27.7 Å². The molecule has 0 unspecified atom stereocenters. The minimum Gasteiger partial charge on any atom is -0.398 e. The maximum atomic E-state index is 6.00. The van der Waals surface area contributed by atoms with Crippen LogP contribution in [0.15, 0.2) is 16.6 Å². The zero-order valence-corrected chi connectivity index (χ0v) is 8.97. The van der Waals surface area contributed by atoms with Crippen molar-refractivity contribution in [3.63, 3.8) is 0 Å². The number of hydrogen-bond donors (Lipinski definition) is 2. The Morgan fingerprint density at radius 3 is 2.92 bits per heavy atom. The molecule has 0 aliphatic heterocycles. The molecular formula is C10H13BrN2. The molecule has 3 heteroatoms. The zero-order valence-electron chi connectivity index (χ0n) is 7.39. The summed E-state index contributed by atoms with van der Waals surface area (Å²) in [6.07, 6.45) is 3.34. The second-order valence-corrected chi connectivity index (χ2v) is 4.33.